The second kappa shape index (κ2) is 7.04. The van der Waals surface area contributed by atoms with Crippen LogP contribution in [0.5, 0.6) is 0 Å². The minimum atomic E-state index is -0.0705. The van der Waals surface area contributed by atoms with Crippen LogP contribution in [0, 0.1) is 0 Å². The van der Waals surface area contributed by atoms with Crippen LogP contribution in [0.3, 0.4) is 0 Å². The van der Waals surface area contributed by atoms with Gasteiger partial charge in [-0.15, -0.1) is 0 Å². The molecule has 0 spiro atoms. The summed E-state index contributed by atoms with van der Waals surface area (Å²) in [5.74, 6) is 0.634. The average Bonchev–Trinajstić information content (AvgIpc) is 2.87. The molecule has 1 heterocycles. The van der Waals surface area contributed by atoms with Crippen LogP contribution in [0.2, 0.25) is 0 Å². The minimum absolute atomic E-state index is 0.0705. The molecule has 0 saturated heterocycles. The van der Waals surface area contributed by atoms with E-state index in [0.717, 1.165) is 31.4 Å². The van der Waals surface area contributed by atoms with Crippen molar-refractivity contribution < 1.29 is 9.32 Å². The minimum Gasteiger partial charge on any atom is -0.338 e. The van der Waals surface area contributed by atoms with Crippen LogP contribution in [-0.2, 0) is 4.79 Å². The second-order valence-electron chi connectivity index (χ2n) is 6.30. The first-order valence-electron chi connectivity index (χ1n) is 7.68. The zero-order chi connectivity index (χ0) is 15.4. The summed E-state index contributed by atoms with van der Waals surface area (Å²) in [5.41, 5.74) is 6.76. The fraction of sp³-hybridized carbons (Fsp3) is 0.733. The second-order valence-corrected chi connectivity index (χ2v) is 6.30. The van der Waals surface area contributed by atoms with Crippen LogP contribution < -0.4 is 11.1 Å². The number of nitrogens with zero attached hydrogens (tertiary/aromatic N) is 2. The van der Waals surface area contributed by atoms with Crippen LogP contribution in [0.1, 0.15) is 51.1 Å². The summed E-state index contributed by atoms with van der Waals surface area (Å²) in [4.78, 5) is 14.1. The van der Waals surface area contributed by atoms with Crippen LogP contribution >= 0.6 is 0 Å². The Bertz CT molecular complexity index is 464. The van der Waals surface area contributed by atoms with Gasteiger partial charge in [0.25, 0.3) is 0 Å². The summed E-state index contributed by atoms with van der Waals surface area (Å²) in [6.07, 6.45) is 4.20. The molecule has 1 aliphatic carbocycles. The van der Waals surface area contributed by atoms with Crippen molar-refractivity contribution in [3.8, 4) is 0 Å². The zero-order valence-corrected chi connectivity index (χ0v) is 13.1. The van der Waals surface area contributed by atoms with E-state index in [1.54, 1.807) is 6.07 Å². The molecule has 6 heteroatoms. The number of carbonyl (C=O) groups excluding carboxylic acids is 1. The van der Waals surface area contributed by atoms with Gasteiger partial charge in [0.2, 0.25) is 11.8 Å². The summed E-state index contributed by atoms with van der Waals surface area (Å²) in [6, 6.07) is 2.55. The Morgan fingerprint density at radius 2 is 2.14 bits per heavy atom. The molecule has 1 amide bonds. The number of amides is 1. The van der Waals surface area contributed by atoms with Gasteiger partial charge in [-0.3, -0.25) is 15.0 Å². The number of hydrogen-bond acceptors (Lipinski definition) is 5. The van der Waals surface area contributed by atoms with Gasteiger partial charge in [-0.1, -0.05) is 19.0 Å². The molecular weight excluding hydrogens is 268 g/mol. The van der Waals surface area contributed by atoms with E-state index < -0.39 is 0 Å². The smallest absolute Gasteiger partial charge is 0.240 e. The monoisotopic (exact) mass is 294 g/mol. The Hall–Kier alpha value is -1.40. The highest BCUT2D eigenvalue weighted by molar-refractivity contribution is 5.90. The largest absolute Gasteiger partial charge is 0.338 e. The molecule has 118 valence electrons. The Morgan fingerprint density at radius 3 is 2.71 bits per heavy atom. The first-order chi connectivity index (χ1) is 9.95. The number of carbonyl (C=O) groups is 1. The summed E-state index contributed by atoms with van der Waals surface area (Å²) in [6.45, 7) is 4.42. The molecule has 2 rings (SSSR count). The van der Waals surface area contributed by atoms with E-state index in [1.165, 1.54) is 0 Å². The van der Waals surface area contributed by atoms with Gasteiger partial charge in [-0.05, 0) is 38.6 Å². The van der Waals surface area contributed by atoms with Crippen LogP contribution in [0.4, 0.5) is 5.88 Å². The van der Waals surface area contributed by atoms with E-state index in [0.29, 0.717) is 24.5 Å². The Morgan fingerprint density at radius 1 is 1.48 bits per heavy atom. The van der Waals surface area contributed by atoms with Gasteiger partial charge in [0.15, 0.2) is 0 Å². The Labute approximate surface area is 126 Å². The third-order valence-electron chi connectivity index (χ3n) is 4.14. The predicted octanol–water partition coefficient (Wildman–Crippen LogP) is 1.94. The third-order valence-corrected chi connectivity index (χ3v) is 4.14. The van der Waals surface area contributed by atoms with Gasteiger partial charge in [0, 0.05) is 18.2 Å². The predicted molar refractivity (Wildman–Crippen MR) is 82.1 cm³/mol. The van der Waals surface area contributed by atoms with Gasteiger partial charge < -0.3 is 10.3 Å². The van der Waals surface area contributed by atoms with Crippen molar-refractivity contribution in [2.75, 3.05) is 18.9 Å². The van der Waals surface area contributed by atoms with E-state index >= 15 is 0 Å². The van der Waals surface area contributed by atoms with Gasteiger partial charge in [0.1, 0.15) is 0 Å². The maximum absolute atomic E-state index is 12.0. The molecule has 21 heavy (non-hydrogen) atoms. The van der Waals surface area contributed by atoms with Gasteiger partial charge in [-0.25, -0.2) is 0 Å². The molecule has 0 atom stereocenters. The van der Waals surface area contributed by atoms with E-state index in [-0.39, 0.29) is 11.8 Å². The van der Waals surface area contributed by atoms with Crippen molar-refractivity contribution in [1.29, 1.82) is 0 Å². The molecule has 3 N–H and O–H groups in total. The van der Waals surface area contributed by atoms with Crippen LogP contribution in [-0.4, -0.2) is 41.6 Å². The molecule has 1 aliphatic rings. The lowest BCUT2D eigenvalue weighted by molar-refractivity contribution is -0.117. The standard InChI is InChI=1S/C15H26N4O2/c1-10(2)13-8-15(21-18-13)17-14(20)9-19(3)12-6-4-11(16)5-7-12/h8,10-12H,4-7,9,16H2,1-3H3,(H,17,20). The third kappa shape index (κ3) is 4.54. The van der Waals surface area contributed by atoms with Crippen LogP contribution in [0.25, 0.3) is 0 Å². The molecule has 0 unspecified atom stereocenters. The van der Waals surface area contributed by atoms with Crippen molar-refractivity contribution in [2.24, 2.45) is 5.73 Å². The fourth-order valence-electron chi connectivity index (χ4n) is 2.69. The molecular formula is C15H26N4O2. The lowest BCUT2D eigenvalue weighted by atomic mass is 9.91. The van der Waals surface area contributed by atoms with Crippen molar-refractivity contribution in [2.45, 2.75) is 57.5 Å². The number of anilines is 1. The number of nitrogens with one attached hydrogen (secondary N) is 1. The topological polar surface area (TPSA) is 84.4 Å². The average molecular weight is 294 g/mol. The molecule has 0 bridgehead atoms. The molecule has 1 fully saturated rings. The zero-order valence-electron chi connectivity index (χ0n) is 13.1. The van der Waals surface area contributed by atoms with E-state index in [9.17, 15) is 4.79 Å². The fourth-order valence-corrected chi connectivity index (χ4v) is 2.69. The van der Waals surface area contributed by atoms with E-state index in [1.807, 2.05) is 20.9 Å². The lowest BCUT2D eigenvalue weighted by Gasteiger charge is -2.32. The van der Waals surface area contributed by atoms with E-state index in [4.69, 9.17) is 10.3 Å². The first-order valence-corrected chi connectivity index (χ1v) is 7.68. The molecule has 0 aromatic carbocycles. The summed E-state index contributed by atoms with van der Waals surface area (Å²) in [7, 11) is 1.99. The number of rotatable bonds is 5. The molecule has 1 aromatic rings. The molecule has 1 aromatic heterocycles. The van der Waals surface area contributed by atoms with Crippen molar-refractivity contribution >= 4 is 11.8 Å². The highest BCUT2D eigenvalue weighted by atomic mass is 16.5. The Kier molecular flexibility index (Phi) is 5.36. The Balaban J connectivity index is 1.80. The normalized spacial score (nSPS) is 22.8. The SMILES string of the molecule is CC(C)c1cc(NC(=O)CN(C)C2CCC(N)CC2)on1. The van der Waals surface area contributed by atoms with Gasteiger partial charge in [0.05, 0.1) is 12.2 Å². The van der Waals surface area contributed by atoms with Crippen molar-refractivity contribution in [3.63, 3.8) is 0 Å². The van der Waals surface area contributed by atoms with Crippen molar-refractivity contribution in [1.82, 2.24) is 10.1 Å². The lowest BCUT2D eigenvalue weighted by Crippen LogP contribution is -2.42. The first kappa shape index (κ1) is 16.0. The molecule has 0 aliphatic heterocycles. The summed E-state index contributed by atoms with van der Waals surface area (Å²) in [5, 5.41) is 6.69. The van der Waals surface area contributed by atoms with Gasteiger partial charge >= 0.3 is 0 Å². The molecule has 0 radical (unpaired) electrons. The maximum Gasteiger partial charge on any atom is 0.240 e. The summed E-state index contributed by atoms with van der Waals surface area (Å²) >= 11 is 0. The molecule has 1 saturated carbocycles. The summed E-state index contributed by atoms with van der Waals surface area (Å²) < 4.78 is 5.12. The van der Waals surface area contributed by atoms with Gasteiger partial charge in [-0.2, -0.15) is 0 Å². The number of hydrogen-bond donors (Lipinski definition) is 2. The maximum atomic E-state index is 12.0. The molecule has 6 nitrogen and oxygen atoms in total. The quantitative estimate of drug-likeness (QED) is 0.867. The number of aromatic nitrogens is 1. The number of nitrogens with two attached hydrogens (primary N) is 1. The van der Waals surface area contributed by atoms with Crippen molar-refractivity contribution in [3.05, 3.63) is 11.8 Å². The van der Waals surface area contributed by atoms with E-state index in [2.05, 4.69) is 15.4 Å². The highest BCUT2D eigenvalue weighted by Crippen LogP contribution is 2.21. The van der Waals surface area contributed by atoms with Crippen LogP contribution in [0.15, 0.2) is 10.6 Å². The highest BCUT2D eigenvalue weighted by Gasteiger charge is 2.23. The number of likely N-dealkylation sites (N-methyl/N-ethyl adjacent to an activating group) is 1.